The first-order valence-electron chi connectivity index (χ1n) is 6.81. The molecule has 2 rings (SSSR count). The van der Waals surface area contributed by atoms with E-state index in [2.05, 4.69) is 0 Å². The van der Waals surface area contributed by atoms with E-state index in [0.29, 0.717) is 11.3 Å². The number of sulfonamides is 1. The van der Waals surface area contributed by atoms with Crippen molar-refractivity contribution >= 4 is 27.6 Å². The Bertz CT molecular complexity index is 682. The fourth-order valence-electron chi connectivity index (χ4n) is 2.20. The summed E-state index contributed by atoms with van der Waals surface area (Å²) in [6.45, 7) is 3.53. The van der Waals surface area contributed by atoms with E-state index in [1.54, 1.807) is 26.0 Å². The normalized spacial score (nSPS) is 18.8. The van der Waals surface area contributed by atoms with E-state index in [1.165, 1.54) is 17.0 Å². The number of hydrogen-bond donors (Lipinski definition) is 1. The van der Waals surface area contributed by atoms with Gasteiger partial charge in [0.25, 0.3) is 0 Å². The molecule has 1 amide bonds. The molecule has 8 heteroatoms. The van der Waals surface area contributed by atoms with Gasteiger partial charge in [0.05, 0.1) is 11.7 Å². The van der Waals surface area contributed by atoms with Gasteiger partial charge >= 0.3 is 5.97 Å². The number of nitrogens with two attached hydrogens (primary N) is 1. The molecule has 1 heterocycles. The fraction of sp³-hybridized carbons (Fsp3) is 0.429. The molecule has 7 nitrogen and oxygen atoms in total. The lowest BCUT2D eigenvalue weighted by molar-refractivity contribution is -0.117. The van der Waals surface area contributed by atoms with Crippen molar-refractivity contribution in [2.75, 3.05) is 11.4 Å². The predicted molar refractivity (Wildman–Crippen MR) is 80.9 cm³/mol. The first-order valence-corrected chi connectivity index (χ1v) is 8.42. The summed E-state index contributed by atoms with van der Waals surface area (Å²) in [6, 6.07) is 6.25. The minimum atomic E-state index is -3.75. The summed E-state index contributed by atoms with van der Waals surface area (Å²) >= 11 is 0. The number of ether oxygens (including phenoxy) is 1. The van der Waals surface area contributed by atoms with Crippen LogP contribution >= 0.6 is 0 Å². The molecule has 0 saturated carbocycles. The molecule has 1 atom stereocenters. The summed E-state index contributed by atoms with van der Waals surface area (Å²) in [5, 5.41) is 4.19. The van der Waals surface area contributed by atoms with E-state index in [9.17, 15) is 18.0 Å². The highest BCUT2D eigenvalue weighted by molar-refractivity contribution is 7.89. The molecule has 120 valence electrons. The van der Waals surface area contributed by atoms with E-state index in [1.807, 2.05) is 0 Å². The van der Waals surface area contributed by atoms with E-state index >= 15 is 0 Å². The molecule has 0 radical (unpaired) electrons. The molecule has 1 fully saturated rings. The van der Waals surface area contributed by atoms with Crippen LogP contribution in [0.3, 0.4) is 0 Å². The quantitative estimate of drug-likeness (QED) is 0.817. The van der Waals surface area contributed by atoms with Crippen LogP contribution < -0.4 is 10.0 Å². The average molecular weight is 326 g/mol. The third-order valence-corrected chi connectivity index (χ3v) is 4.56. The van der Waals surface area contributed by atoms with Crippen molar-refractivity contribution in [3.8, 4) is 0 Å². The Morgan fingerprint density at radius 1 is 1.32 bits per heavy atom. The van der Waals surface area contributed by atoms with Crippen LogP contribution in [-0.4, -0.2) is 38.2 Å². The van der Waals surface area contributed by atoms with Gasteiger partial charge in [-0.2, -0.15) is 0 Å². The second kappa shape index (κ2) is 6.05. The van der Waals surface area contributed by atoms with Gasteiger partial charge in [0.2, 0.25) is 15.9 Å². The Kier molecular flexibility index (Phi) is 4.52. The van der Waals surface area contributed by atoms with Gasteiger partial charge in [0, 0.05) is 18.7 Å². The van der Waals surface area contributed by atoms with Crippen LogP contribution in [0.4, 0.5) is 5.69 Å². The van der Waals surface area contributed by atoms with Crippen LogP contribution in [0.25, 0.3) is 0 Å². The SMILES string of the molecule is CC(C)OC(=O)c1ccc(N2CC(S(N)(=O)=O)CC2=O)cc1. The number of carbonyl (C=O) groups is 2. The van der Waals surface area contributed by atoms with E-state index in [0.717, 1.165) is 0 Å². The molecule has 0 aliphatic carbocycles. The Hall–Kier alpha value is -1.93. The molecule has 22 heavy (non-hydrogen) atoms. The molecular weight excluding hydrogens is 308 g/mol. The minimum Gasteiger partial charge on any atom is -0.459 e. The number of rotatable bonds is 4. The lowest BCUT2D eigenvalue weighted by Crippen LogP contribution is -2.32. The number of nitrogens with zero attached hydrogens (tertiary/aromatic N) is 1. The first kappa shape index (κ1) is 16.4. The summed E-state index contributed by atoms with van der Waals surface area (Å²) in [4.78, 5) is 25.0. The maximum absolute atomic E-state index is 11.9. The molecule has 1 aromatic rings. The van der Waals surface area contributed by atoms with Gasteiger partial charge in [-0.05, 0) is 38.1 Å². The van der Waals surface area contributed by atoms with Crippen LogP contribution in [0.2, 0.25) is 0 Å². The molecule has 2 N–H and O–H groups in total. The number of amides is 1. The number of hydrogen-bond acceptors (Lipinski definition) is 5. The summed E-state index contributed by atoms with van der Waals surface area (Å²) in [5.41, 5.74) is 0.893. The van der Waals surface area contributed by atoms with Crippen molar-refractivity contribution in [3.63, 3.8) is 0 Å². The van der Waals surface area contributed by atoms with Gasteiger partial charge in [0.1, 0.15) is 5.25 Å². The molecular formula is C14H18N2O5S. The standard InChI is InChI=1S/C14H18N2O5S/c1-9(2)21-14(18)10-3-5-11(6-4-10)16-8-12(7-13(16)17)22(15,19)20/h3-6,9,12H,7-8H2,1-2H3,(H2,15,19,20). The number of esters is 1. The topological polar surface area (TPSA) is 107 Å². The summed E-state index contributed by atoms with van der Waals surface area (Å²) in [7, 11) is -3.75. The van der Waals surface area contributed by atoms with Crippen LogP contribution in [-0.2, 0) is 19.6 Å². The third kappa shape index (κ3) is 3.63. The molecule has 1 aliphatic heterocycles. The average Bonchev–Trinajstić information content (AvgIpc) is 2.80. The Balaban J connectivity index is 2.14. The van der Waals surface area contributed by atoms with Gasteiger partial charge < -0.3 is 9.64 Å². The van der Waals surface area contributed by atoms with Gasteiger partial charge in [-0.1, -0.05) is 0 Å². The Morgan fingerprint density at radius 3 is 2.36 bits per heavy atom. The number of anilines is 1. The molecule has 1 saturated heterocycles. The number of benzene rings is 1. The lowest BCUT2D eigenvalue weighted by Gasteiger charge is -2.16. The molecule has 0 aromatic heterocycles. The minimum absolute atomic E-state index is 0.0213. The van der Waals surface area contributed by atoms with Crippen molar-refractivity contribution in [1.29, 1.82) is 0 Å². The van der Waals surface area contributed by atoms with Crippen LogP contribution in [0.1, 0.15) is 30.6 Å². The summed E-state index contributed by atoms with van der Waals surface area (Å²) in [5.74, 6) is -0.756. The van der Waals surface area contributed by atoms with E-state index < -0.39 is 21.2 Å². The molecule has 1 aliphatic rings. The Morgan fingerprint density at radius 2 is 1.91 bits per heavy atom. The van der Waals surface area contributed by atoms with Crippen LogP contribution in [0.5, 0.6) is 0 Å². The molecule has 1 aromatic carbocycles. The molecule has 0 bridgehead atoms. The zero-order valence-corrected chi connectivity index (χ0v) is 13.2. The summed E-state index contributed by atoms with van der Waals surface area (Å²) in [6.07, 6.45) is -0.349. The second-order valence-electron chi connectivity index (χ2n) is 5.42. The monoisotopic (exact) mass is 326 g/mol. The zero-order chi connectivity index (χ0) is 16.5. The van der Waals surface area contributed by atoms with E-state index in [4.69, 9.17) is 9.88 Å². The van der Waals surface area contributed by atoms with Crippen LogP contribution in [0.15, 0.2) is 24.3 Å². The van der Waals surface area contributed by atoms with Gasteiger partial charge in [0.15, 0.2) is 0 Å². The fourth-order valence-corrected chi connectivity index (χ4v) is 2.94. The molecule has 1 unspecified atom stereocenters. The Labute approximate surface area is 129 Å². The maximum atomic E-state index is 11.9. The van der Waals surface area contributed by atoms with E-state index in [-0.39, 0.29) is 25.0 Å². The van der Waals surface area contributed by atoms with Crippen molar-refractivity contribution in [1.82, 2.24) is 0 Å². The highest BCUT2D eigenvalue weighted by Gasteiger charge is 2.37. The van der Waals surface area contributed by atoms with Crippen LogP contribution in [0, 0.1) is 0 Å². The number of carbonyl (C=O) groups excluding carboxylic acids is 2. The van der Waals surface area contributed by atoms with Crippen molar-refractivity contribution in [2.45, 2.75) is 31.6 Å². The second-order valence-corrected chi connectivity index (χ2v) is 7.27. The number of primary sulfonamides is 1. The largest absolute Gasteiger partial charge is 0.459 e. The highest BCUT2D eigenvalue weighted by Crippen LogP contribution is 2.24. The lowest BCUT2D eigenvalue weighted by atomic mass is 10.2. The van der Waals surface area contributed by atoms with Crippen molar-refractivity contribution in [3.05, 3.63) is 29.8 Å². The predicted octanol–water partition coefficient (Wildman–Crippen LogP) is 0.646. The highest BCUT2D eigenvalue weighted by atomic mass is 32.2. The van der Waals surface area contributed by atoms with Gasteiger partial charge in [-0.3, -0.25) is 4.79 Å². The first-order chi connectivity index (χ1) is 10.2. The van der Waals surface area contributed by atoms with Crippen molar-refractivity contribution in [2.24, 2.45) is 5.14 Å². The summed E-state index contributed by atoms with van der Waals surface area (Å²) < 4.78 is 27.7. The molecule has 0 spiro atoms. The zero-order valence-electron chi connectivity index (χ0n) is 12.4. The van der Waals surface area contributed by atoms with Crippen molar-refractivity contribution < 1.29 is 22.7 Å². The van der Waals surface area contributed by atoms with Gasteiger partial charge in [-0.15, -0.1) is 0 Å². The maximum Gasteiger partial charge on any atom is 0.338 e. The van der Waals surface area contributed by atoms with Gasteiger partial charge in [-0.25, -0.2) is 18.4 Å². The smallest absolute Gasteiger partial charge is 0.338 e. The third-order valence-electron chi connectivity index (χ3n) is 3.31.